The Hall–Kier alpha value is -0.960. The summed E-state index contributed by atoms with van der Waals surface area (Å²) in [5.41, 5.74) is 2.52. The number of nitrogens with zero attached hydrogens (tertiary/aromatic N) is 2. The molecule has 1 aromatic heterocycles. The lowest BCUT2D eigenvalue weighted by Gasteiger charge is -2.24. The fourth-order valence-corrected chi connectivity index (χ4v) is 2.15. The molecule has 2 rings (SSSR count). The van der Waals surface area contributed by atoms with Crippen LogP contribution in [0.1, 0.15) is 26.6 Å². The Kier molecular flexibility index (Phi) is 3.48. The van der Waals surface area contributed by atoms with Gasteiger partial charge in [-0.15, -0.1) is 0 Å². The van der Waals surface area contributed by atoms with Crippen LogP contribution in [0.4, 0.5) is 0 Å². The third kappa shape index (κ3) is 2.49. The number of imidazole rings is 1. The van der Waals surface area contributed by atoms with Crippen molar-refractivity contribution in [3.63, 3.8) is 0 Å². The lowest BCUT2D eigenvalue weighted by molar-refractivity contribution is 0.352. The maximum absolute atomic E-state index is 4.69. The average Bonchev–Trinajstić information content (AvgIpc) is 2.67. The topological polar surface area (TPSA) is 17.8 Å². The van der Waals surface area contributed by atoms with Crippen LogP contribution in [-0.4, -0.2) is 15.3 Å². The molecule has 0 spiro atoms. The molecule has 0 saturated heterocycles. The summed E-state index contributed by atoms with van der Waals surface area (Å²) in [4.78, 5) is 4.69. The zero-order chi connectivity index (χ0) is 12.5. The van der Waals surface area contributed by atoms with Crippen molar-refractivity contribution in [1.29, 1.82) is 0 Å². The number of aromatic nitrogens is 2. The molecular formula is C14H20N2S. The van der Waals surface area contributed by atoms with Gasteiger partial charge in [0.1, 0.15) is 5.82 Å². The molecule has 1 heterocycles. The molecule has 2 nitrogen and oxygen atoms in total. The summed E-state index contributed by atoms with van der Waals surface area (Å²) in [6, 6.07) is 8.35. The second kappa shape index (κ2) is 4.73. The van der Waals surface area contributed by atoms with Crippen LogP contribution >= 0.6 is 12.6 Å². The van der Waals surface area contributed by atoms with Gasteiger partial charge in [-0.3, -0.25) is 0 Å². The summed E-state index contributed by atoms with van der Waals surface area (Å²) in [5, 5.41) is 0. The van der Waals surface area contributed by atoms with Gasteiger partial charge in [0.2, 0.25) is 0 Å². The predicted molar refractivity (Wildman–Crippen MR) is 76.7 cm³/mol. The third-order valence-electron chi connectivity index (χ3n) is 3.06. The molecule has 2 aromatic rings. The van der Waals surface area contributed by atoms with E-state index in [0.717, 1.165) is 24.2 Å². The first kappa shape index (κ1) is 12.5. The summed E-state index contributed by atoms with van der Waals surface area (Å²) >= 11 is 4.44. The molecule has 0 amide bonds. The number of benzene rings is 1. The standard InChI is InChI=1S/C14H20N2S/c1-4-13-15-11-7-5-6-8-12(11)16(13)9-14(2,3)10-17/h5-8,17H,4,9-10H2,1-3H3. The van der Waals surface area contributed by atoms with E-state index in [4.69, 9.17) is 0 Å². The zero-order valence-electron chi connectivity index (χ0n) is 10.8. The summed E-state index contributed by atoms with van der Waals surface area (Å²) < 4.78 is 2.34. The summed E-state index contributed by atoms with van der Waals surface area (Å²) in [6.45, 7) is 7.62. The van der Waals surface area contributed by atoms with Gasteiger partial charge in [-0.2, -0.15) is 12.6 Å². The Bertz CT molecular complexity index is 514. The molecule has 0 atom stereocenters. The highest BCUT2D eigenvalue weighted by Crippen LogP contribution is 2.24. The molecule has 0 N–H and O–H groups in total. The predicted octanol–water partition coefficient (Wildman–Crippen LogP) is 3.55. The van der Waals surface area contributed by atoms with Crippen LogP contribution in [0.3, 0.4) is 0 Å². The van der Waals surface area contributed by atoms with Gasteiger partial charge in [0, 0.05) is 13.0 Å². The van der Waals surface area contributed by atoms with Crippen LogP contribution in [0.25, 0.3) is 11.0 Å². The number of thiol groups is 1. The fraction of sp³-hybridized carbons (Fsp3) is 0.500. The quantitative estimate of drug-likeness (QED) is 0.819. The van der Waals surface area contributed by atoms with Gasteiger partial charge in [0.25, 0.3) is 0 Å². The molecule has 0 radical (unpaired) electrons. The first-order chi connectivity index (χ1) is 8.07. The molecular weight excluding hydrogens is 228 g/mol. The molecule has 0 aliphatic rings. The lowest BCUT2D eigenvalue weighted by Crippen LogP contribution is -2.22. The number of para-hydroxylation sites is 2. The van der Waals surface area contributed by atoms with Gasteiger partial charge < -0.3 is 4.57 Å². The Morgan fingerprint density at radius 2 is 2.00 bits per heavy atom. The minimum Gasteiger partial charge on any atom is -0.327 e. The molecule has 17 heavy (non-hydrogen) atoms. The zero-order valence-corrected chi connectivity index (χ0v) is 11.7. The molecule has 0 aliphatic carbocycles. The smallest absolute Gasteiger partial charge is 0.109 e. The Morgan fingerprint density at radius 1 is 1.29 bits per heavy atom. The second-order valence-corrected chi connectivity index (χ2v) is 5.59. The van der Waals surface area contributed by atoms with Crippen LogP contribution in [-0.2, 0) is 13.0 Å². The number of rotatable bonds is 4. The highest BCUT2D eigenvalue weighted by molar-refractivity contribution is 7.80. The highest BCUT2D eigenvalue weighted by Gasteiger charge is 2.19. The second-order valence-electron chi connectivity index (χ2n) is 5.28. The summed E-state index contributed by atoms with van der Waals surface area (Å²) in [6.07, 6.45) is 0.970. The van der Waals surface area contributed by atoms with E-state index in [-0.39, 0.29) is 5.41 Å². The van der Waals surface area contributed by atoms with Crippen molar-refractivity contribution in [2.75, 3.05) is 5.75 Å². The van der Waals surface area contributed by atoms with Crippen LogP contribution < -0.4 is 0 Å². The number of aryl methyl sites for hydroxylation is 1. The Labute approximate surface area is 108 Å². The average molecular weight is 248 g/mol. The van der Waals surface area contributed by atoms with Gasteiger partial charge in [-0.25, -0.2) is 4.98 Å². The molecule has 0 fully saturated rings. The molecule has 3 heteroatoms. The summed E-state index contributed by atoms with van der Waals surface area (Å²) in [5.74, 6) is 2.05. The molecule has 0 unspecified atom stereocenters. The van der Waals surface area contributed by atoms with E-state index >= 15 is 0 Å². The summed E-state index contributed by atoms with van der Waals surface area (Å²) in [7, 11) is 0. The van der Waals surface area contributed by atoms with Gasteiger partial charge in [-0.1, -0.05) is 32.9 Å². The van der Waals surface area contributed by atoms with Crippen molar-refractivity contribution in [3.05, 3.63) is 30.1 Å². The Morgan fingerprint density at radius 3 is 2.65 bits per heavy atom. The monoisotopic (exact) mass is 248 g/mol. The first-order valence-electron chi connectivity index (χ1n) is 6.12. The van der Waals surface area contributed by atoms with Gasteiger partial charge in [-0.05, 0) is 23.3 Å². The van der Waals surface area contributed by atoms with Crippen LogP contribution in [0.5, 0.6) is 0 Å². The van der Waals surface area contributed by atoms with E-state index in [2.05, 4.69) is 61.2 Å². The van der Waals surface area contributed by atoms with E-state index in [0.29, 0.717) is 0 Å². The van der Waals surface area contributed by atoms with Gasteiger partial charge in [0.15, 0.2) is 0 Å². The van der Waals surface area contributed by atoms with Crippen molar-refractivity contribution < 1.29 is 0 Å². The lowest BCUT2D eigenvalue weighted by atomic mass is 9.96. The van der Waals surface area contributed by atoms with E-state index in [9.17, 15) is 0 Å². The van der Waals surface area contributed by atoms with Crippen molar-refractivity contribution >= 4 is 23.7 Å². The molecule has 0 bridgehead atoms. The van der Waals surface area contributed by atoms with Crippen LogP contribution in [0.2, 0.25) is 0 Å². The van der Waals surface area contributed by atoms with Crippen molar-refractivity contribution in [1.82, 2.24) is 9.55 Å². The van der Waals surface area contributed by atoms with E-state index in [1.807, 2.05) is 6.07 Å². The minimum absolute atomic E-state index is 0.191. The first-order valence-corrected chi connectivity index (χ1v) is 6.75. The normalized spacial score (nSPS) is 12.2. The largest absolute Gasteiger partial charge is 0.327 e. The molecule has 0 saturated carbocycles. The van der Waals surface area contributed by atoms with E-state index < -0.39 is 0 Å². The SMILES string of the molecule is CCc1nc2ccccc2n1CC(C)(C)CS. The molecule has 92 valence electrons. The number of hydrogen-bond donors (Lipinski definition) is 1. The Balaban J connectivity index is 2.50. The highest BCUT2D eigenvalue weighted by atomic mass is 32.1. The van der Waals surface area contributed by atoms with E-state index in [1.54, 1.807) is 0 Å². The van der Waals surface area contributed by atoms with Crippen LogP contribution in [0, 0.1) is 5.41 Å². The van der Waals surface area contributed by atoms with Gasteiger partial charge >= 0.3 is 0 Å². The minimum atomic E-state index is 0.191. The maximum atomic E-state index is 4.69. The number of fused-ring (bicyclic) bond motifs is 1. The molecule has 1 aromatic carbocycles. The third-order valence-corrected chi connectivity index (χ3v) is 3.92. The maximum Gasteiger partial charge on any atom is 0.109 e. The fourth-order valence-electron chi connectivity index (χ4n) is 2.05. The number of hydrogen-bond acceptors (Lipinski definition) is 2. The van der Waals surface area contributed by atoms with Gasteiger partial charge in [0.05, 0.1) is 11.0 Å². The van der Waals surface area contributed by atoms with Crippen molar-refractivity contribution in [3.8, 4) is 0 Å². The van der Waals surface area contributed by atoms with E-state index in [1.165, 1.54) is 11.3 Å². The molecule has 0 aliphatic heterocycles. The van der Waals surface area contributed by atoms with Crippen molar-refractivity contribution in [2.24, 2.45) is 5.41 Å². The van der Waals surface area contributed by atoms with Crippen LogP contribution in [0.15, 0.2) is 24.3 Å². The van der Waals surface area contributed by atoms with Crippen molar-refractivity contribution in [2.45, 2.75) is 33.7 Å².